The van der Waals surface area contributed by atoms with Crippen LogP contribution in [-0.4, -0.2) is 9.97 Å². The molecule has 0 bridgehead atoms. The Morgan fingerprint density at radius 3 is 2.94 bits per heavy atom. The van der Waals surface area contributed by atoms with Crippen molar-refractivity contribution >= 4 is 11.5 Å². The van der Waals surface area contributed by atoms with Crippen LogP contribution in [-0.2, 0) is 6.54 Å². The van der Waals surface area contributed by atoms with Gasteiger partial charge in [-0.1, -0.05) is 0 Å². The van der Waals surface area contributed by atoms with Crippen molar-refractivity contribution in [1.82, 2.24) is 9.97 Å². The summed E-state index contributed by atoms with van der Waals surface area (Å²) in [5.74, 6) is 0.588. The number of nitrogens with one attached hydrogen (secondary N) is 1. The van der Waals surface area contributed by atoms with Gasteiger partial charge in [-0.3, -0.25) is 4.98 Å². The van der Waals surface area contributed by atoms with Gasteiger partial charge in [0.1, 0.15) is 11.9 Å². The van der Waals surface area contributed by atoms with E-state index in [1.54, 1.807) is 12.3 Å². The largest absolute Gasteiger partial charge is 0.396 e. The number of anilines is 2. The molecule has 0 aliphatic rings. The predicted molar refractivity (Wildman–Crippen MR) is 69.7 cm³/mol. The highest BCUT2D eigenvalue weighted by Crippen LogP contribution is 2.17. The van der Waals surface area contributed by atoms with E-state index >= 15 is 0 Å². The summed E-state index contributed by atoms with van der Waals surface area (Å²) >= 11 is 0. The van der Waals surface area contributed by atoms with Crippen molar-refractivity contribution in [3.05, 3.63) is 47.4 Å². The van der Waals surface area contributed by atoms with E-state index in [0.29, 0.717) is 23.6 Å². The van der Waals surface area contributed by atoms with Gasteiger partial charge in [0.05, 0.1) is 11.3 Å². The smallest absolute Gasteiger partial charge is 0.149 e. The molecule has 90 valence electrons. The van der Waals surface area contributed by atoms with Gasteiger partial charge >= 0.3 is 0 Å². The first-order valence-electron chi connectivity index (χ1n) is 5.49. The van der Waals surface area contributed by atoms with Gasteiger partial charge in [0, 0.05) is 25.1 Å². The Labute approximate surface area is 105 Å². The maximum atomic E-state index is 8.72. The molecule has 0 spiro atoms. The third-order valence-corrected chi connectivity index (χ3v) is 2.63. The topological polar surface area (TPSA) is 87.6 Å². The van der Waals surface area contributed by atoms with E-state index in [9.17, 15) is 0 Å². The lowest BCUT2D eigenvalue weighted by atomic mass is 10.1. The SMILES string of the molecule is Cc1cnccc1CNc1ncc(C#N)cc1N. The van der Waals surface area contributed by atoms with Gasteiger partial charge in [-0.15, -0.1) is 0 Å². The molecule has 0 aliphatic heterocycles. The fraction of sp³-hybridized carbons (Fsp3) is 0.154. The standard InChI is InChI=1S/C13H13N5/c1-9-6-16-3-2-11(9)8-18-13-12(15)4-10(5-14)7-17-13/h2-4,6-7H,8,15H2,1H3,(H,17,18). The van der Waals surface area contributed by atoms with E-state index in [0.717, 1.165) is 11.1 Å². The predicted octanol–water partition coefficient (Wildman–Crippen LogP) is 1.85. The molecule has 3 N–H and O–H groups in total. The van der Waals surface area contributed by atoms with E-state index in [4.69, 9.17) is 11.0 Å². The number of nitrogens with two attached hydrogens (primary N) is 1. The molecule has 0 saturated heterocycles. The number of hydrogen-bond acceptors (Lipinski definition) is 5. The van der Waals surface area contributed by atoms with Crippen LogP contribution < -0.4 is 11.1 Å². The molecule has 0 atom stereocenters. The number of nitriles is 1. The summed E-state index contributed by atoms with van der Waals surface area (Å²) in [6.07, 6.45) is 5.06. The van der Waals surface area contributed by atoms with Crippen molar-refractivity contribution in [1.29, 1.82) is 5.26 Å². The number of aryl methyl sites for hydroxylation is 1. The highest BCUT2D eigenvalue weighted by atomic mass is 15.0. The Balaban J connectivity index is 2.12. The van der Waals surface area contributed by atoms with Gasteiger partial charge in [-0.25, -0.2) is 4.98 Å². The second-order valence-electron chi connectivity index (χ2n) is 3.93. The second-order valence-corrected chi connectivity index (χ2v) is 3.93. The van der Waals surface area contributed by atoms with E-state index in [-0.39, 0.29) is 0 Å². The van der Waals surface area contributed by atoms with Crippen LogP contribution in [0.4, 0.5) is 11.5 Å². The first-order chi connectivity index (χ1) is 8.70. The van der Waals surface area contributed by atoms with Crippen molar-refractivity contribution in [3.63, 3.8) is 0 Å². The molecule has 2 aromatic heterocycles. The van der Waals surface area contributed by atoms with Gasteiger partial charge in [0.15, 0.2) is 0 Å². The fourth-order valence-corrected chi connectivity index (χ4v) is 1.57. The van der Waals surface area contributed by atoms with Crippen LogP contribution >= 0.6 is 0 Å². The molecule has 0 fully saturated rings. The van der Waals surface area contributed by atoms with Crippen LogP contribution in [0.2, 0.25) is 0 Å². The van der Waals surface area contributed by atoms with Crippen LogP contribution in [0.1, 0.15) is 16.7 Å². The normalized spacial score (nSPS) is 9.78. The molecule has 0 unspecified atom stereocenters. The zero-order chi connectivity index (χ0) is 13.0. The monoisotopic (exact) mass is 239 g/mol. The number of hydrogen-bond donors (Lipinski definition) is 2. The first-order valence-corrected chi connectivity index (χ1v) is 5.49. The van der Waals surface area contributed by atoms with Gasteiger partial charge in [0.2, 0.25) is 0 Å². The van der Waals surface area contributed by atoms with Crippen LogP contribution in [0, 0.1) is 18.3 Å². The van der Waals surface area contributed by atoms with Crippen molar-refractivity contribution in [3.8, 4) is 6.07 Å². The summed E-state index contributed by atoms with van der Waals surface area (Å²) in [6, 6.07) is 5.55. The van der Waals surface area contributed by atoms with Crippen LogP contribution in [0.15, 0.2) is 30.7 Å². The number of pyridine rings is 2. The first kappa shape index (κ1) is 11.9. The van der Waals surface area contributed by atoms with Crippen LogP contribution in [0.5, 0.6) is 0 Å². The molecule has 2 rings (SSSR count). The number of nitrogens with zero attached hydrogens (tertiary/aromatic N) is 3. The fourth-order valence-electron chi connectivity index (χ4n) is 1.57. The molecule has 0 amide bonds. The zero-order valence-electron chi connectivity index (χ0n) is 10.0. The molecule has 0 saturated carbocycles. The third kappa shape index (κ3) is 2.55. The van der Waals surface area contributed by atoms with E-state index in [2.05, 4.69) is 15.3 Å². The lowest BCUT2D eigenvalue weighted by Gasteiger charge is -2.09. The maximum Gasteiger partial charge on any atom is 0.149 e. The van der Waals surface area contributed by atoms with Gasteiger partial charge in [0.25, 0.3) is 0 Å². The van der Waals surface area contributed by atoms with E-state index in [1.807, 2.05) is 25.3 Å². The third-order valence-electron chi connectivity index (χ3n) is 2.63. The minimum absolute atomic E-state index is 0.457. The number of rotatable bonds is 3. The Hall–Kier alpha value is -2.61. The summed E-state index contributed by atoms with van der Waals surface area (Å²) in [5.41, 5.74) is 8.98. The number of nitrogen functional groups attached to an aromatic ring is 1. The van der Waals surface area contributed by atoms with Gasteiger partial charge < -0.3 is 11.1 Å². The molecule has 2 heterocycles. The molecule has 2 aromatic rings. The molecule has 5 nitrogen and oxygen atoms in total. The Kier molecular flexibility index (Phi) is 3.39. The van der Waals surface area contributed by atoms with Crippen molar-refractivity contribution in [2.75, 3.05) is 11.1 Å². The molecule has 0 radical (unpaired) electrons. The number of aromatic nitrogens is 2. The minimum atomic E-state index is 0.457. The molecular weight excluding hydrogens is 226 g/mol. The zero-order valence-corrected chi connectivity index (χ0v) is 10.0. The Morgan fingerprint density at radius 1 is 1.44 bits per heavy atom. The maximum absolute atomic E-state index is 8.72. The Morgan fingerprint density at radius 2 is 2.28 bits per heavy atom. The summed E-state index contributed by atoms with van der Waals surface area (Å²) in [6.45, 7) is 2.62. The molecule has 0 aromatic carbocycles. The van der Waals surface area contributed by atoms with Gasteiger partial charge in [-0.05, 0) is 30.2 Å². The molecular formula is C13H13N5. The lowest BCUT2D eigenvalue weighted by Crippen LogP contribution is -2.06. The van der Waals surface area contributed by atoms with Crippen molar-refractivity contribution in [2.45, 2.75) is 13.5 Å². The Bertz CT molecular complexity index is 601. The van der Waals surface area contributed by atoms with Crippen molar-refractivity contribution in [2.24, 2.45) is 0 Å². The summed E-state index contributed by atoms with van der Waals surface area (Å²) < 4.78 is 0. The van der Waals surface area contributed by atoms with Crippen molar-refractivity contribution < 1.29 is 0 Å². The van der Waals surface area contributed by atoms with Crippen LogP contribution in [0.3, 0.4) is 0 Å². The van der Waals surface area contributed by atoms with E-state index in [1.165, 1.54) is 6.20 Å². The summed E-state index contributed by atoms with van der Waals surface area (Å²) in [7, 11) is 0. The highest BCUT2D eigenvalue weighted by molar-refractivity contribution is 5.63. The van der Waals surface area contributed by atoms with Crippen LogP contribution in [0.25, 0.3) is 0 Å². The summed E-state index contributed by atoms with van der Waals surface area (Å²) in [4.78, 5) is 8.16. The molecule has 18 heavy (non-hydrogen) atoms. The highest BCUT2D eigenvalue weighted by Gasteiger charge is 2.03. The molecule has 0 aliphatic carbocycles. The lowest BCUT2D eigenvalue weighted by molar-refractivity contribution is 1.07. The second kappa shape index (κ2) is 5.15. The van der Waals surface area contributed by atoms with Gasteiger partial charge in [-0.2, -0.15) is 5.26 Å². The summed E-state index contributed by atoms with van der Waals surface area (Å²) in [5, 5.41) is 11.9. The quantitative estimate of drug-likeness (QED) is 0.853. The average Bonchev–Trinajstić information content (AvgIpc) is 2.39. The molecule has 5 heteroatoms. The van der Waals surface area contributed by atoms with E-state index < -0.39 is 0 Å². The minimum Gasteiger partial charge on any atom is -0.396 e. The average molecular weight is 239 g/mol.